The van der Waals surface area contributed by atoms with Crippen LogP contribution in [0.3, 0.4) is 0 Å². The Kier molecular flexibility index (Phi) is 7.36. The fraction of sp³-hybridized carbons (Fsp3) is 0.130. The van der Waals surface area contributed by atoms with Crippen molar-refractivity contribution in [1.29, 1.82) is 0 Å². The summed E-state index contributed by atoms with van der Waals surface area (Å²) in [7, 11) is 1.63. The number of amides is 1. The highest BCUT2D eigenvalue weighted by Gasteiger charge is 2.18. The summed E-state index contributed by atoms with van der Waals surface area (Å²) in [5.41, 5.74) is 2.18. The van der Waals surface area contributed by atoms with Crippen LogP contribution in [-0.4, -0.2) is 30.2 Å². The first-order valence-corrected chi connectivity index (χ1v) is 9.00. The first-order chi connectivity index (χ1) is 13.3. The number of nitrogens with zero attached hydrogens (tertiary/aromatic N) is 1. The van der Waals surface area contributed by atoms with Crippen LogP contribution in [0, 0.1) is 0 Å². The van der Waals surface area contributed by atoms with E-state index < -0.39 is 0 Å². The molecule has 0 saturated carbocycles. The van der Waals surface area contributed by atoms with Crippen molar-refractivity contribution in [3.8, 4) is 5.75 Å². The van der Waals surface area contributed by atoms with Gasteiger partial charge >= 0.3 is 0 Å². The molecule has 1 amide bonds. The zero-order chi connectivity index (χ0) is 20.7. The van der Waals surface area contributed by atoms with E-state index in [0.29, 0.717) is 27.6 Å². The number of ether oxygens (including phenoxy) is 1. The maximum atomic E-state index is 12.8. The number of likely N-dealkylation sites (N-methyl/N-ethyl adjacent to an activating group) is 1. The summed E-state index contributed by atoms with van der Waals surface area (Å²) in [4.78, 5) is 26.8. The van der Waals surface area contributed by atoms with E-state index in [1.807, 2.05) is 6.07 Å². The van der Waals surface area contributed by atoms with Gasteiger partial charge in [0, 0.05) is 23.3 Å². The molecule has 144 valence electrons. The van der Waals surface area contributed by atoms with Crippen LogP contribution in [0.25, 0.3) is 0 Å². The molecule has 0 spiro atoms. The van der Waals surface area contributed by atoms with E-state index in [0.717, 1.165) is 5.57 Å². The van der Waals surface area contributed by atoms with Crippen molar-refractivity contribution < 1.29 is 14.3 Å². The Bertz CT molecular complexity index is 932. The molecule has 0 N–H and O–H groups in total. The zero-order valence-electron chi connectivity index (χ0n) is 15.9. The maximum Gasteiger partial charge on any atom is 0.264 e. The summed E-state index contributed by atoms with van der Waals surface area (Å²) >= 11 is 6.06. The van der Waals surface area contributed by atoms with Crippen LogP contribution < -0.4 is 4.74 Å². The van der Waals surface area contributed by atoms with Crippen molar-refractivity contribution in [3.63, 3.8) is 0 Å². The van der Waals surface area contributed by atoms with Crippen LogP contribution in [0.5, 0.6) is 5.75 Å². The standard InChI is InChI=1S/C23H22ClNO3/c1-5-9-20(16(2)3)25(4)22(26)15-28-21-13-12-18(24)14-19(21)23(27)17-10-7-6-8-11-17/h5-14H,1-2,15H2,3-4H3/b20-9+. The Morgan fingerprint density at radius 2 is 1.86 bits per heavy atom. The molecule has 0 aliphatic carbocycles. The van der Waals surface area contributed by atoms with Crippen LogP contribution in [0.4, 0.5) is 0 Å². The Hall–Kier alpha value is -3.11. The minimum atomic E-state index is -0.288. The summed E-state index contributed by atoms with van der Waals surface area (Å²) in [6, 6.07) is 13.6. The second-order valence-corrected chi connectivity index (χ2v) is 6.58. The third kappa shape index (κ3) is 5.21. The average Bonchev–Trinajstić information content (AvgIpc) is 2.70. The van der Waals surface area contributed by atoms with Crippen LogP contribution in [0.1, 0.15) is 22.8 Å². The van der Waals surface area contributed by atoms with E-state index in [1.165, 1.54) is 11.0 Å². The van der Waals surface area contributed by atoms with E-state index in [1.54, 1.807) is 62.5 Å². The molecule has 0 aliphatic rings. The molecule has 5 heteroatoms. The number of allylic oxidation sites excluding steroid dienone is 3. The molecule has 4 nitrogen and oxygen atoms in total. The van der Waals surface area contributed by atoms with Crippen molar-refractivity contribution in [2.24, 2.45) is 0 Å². The third-order valence-corrected chi connectivity index (χ3v) is 4.26. The maximum absolute atomic E-state index is 12.8. The lowest BCUT2D eigenvalue weighted by Gasteiger charge is -2.21. The number of halogens is 1. The number of benzene rings is 2. The first kappa shape index (κ1) is 21.2. The van der Waals surface area contributed by atoms with Crippen LogP contribution in [-0.2, 0) is 4.79 Å². The fourth-order valence-electron chi connectivity index (χ4n) is 2.57. The average molecular weight is 396 g/mol. The molecule has 0 fully saturated rings. The first-order valence-electron chi connectivity index (χ1n) is 8.62. The van der Waals surface area contributed by atoms with Gasteiger partial charge in [-0.05, 0) is 36.8 Å². The van der Waals surface area contributed by atoms with Gasteiger partial charge in [0.05, 0.1) is 5.56 Å². The second-order valence-electron chi connectivity index (χ2n) is 6.15. The SMILES string of the molecule is C=C/C=C(\C(=C)C)N(C)C(=O)COc1ccc(Cl)cc1C(=O)c1ccccc1. The molecule has 28 heavy (non-hydrogen) atoms. The van der Waals surface area contributed by atoms with Gasteiger partial charge in [0.25, 0.3) is 5.91 Å². The molecule has 0 bridgehead atoms. The van der Waals surface area contributed by atoms with Crippen molar-refractivity contribution in [3.05, 3.63) is 101 Å². The molecule has 2 aromatic rings. The van der Waals surface area contributed by atoms with Gasteiger partial charge in [0.1, 0.15) is 5.75 Å². The van der Waals surface area contributed by atoms with Crippen molar-refractivity contribution in [1.82, 2.24) is 4.90 Å². The highest BCUT2D eigenvalue weighted by molar-refractivity contribution is 6.31. The molecule has 2 aromatic carbocycles. The molecule has 0 unspecified atom stereocenters. The second kappa shape index (κ2) is 9.72. The molecular formula is C23H22ClNO3. The molecular weight excluding hydrogens is 374 g/mol. The summed E-state index contributed by atoms with van der Waals surface area (Å²) in [5.74, 6) is -0.221. The van der Waals surface area contributed by atoms with Gasteiger partial charge in [-0.15, -0.1) is 0 Å². The Labute approximate surface area is 170 Å². The highest BCUT2D eigenvalue weighted by atomic mass is 35.5. The fourth-order valence-corrected chi connectivity index (χ4v) is 2.75. The Morgan fingerprint density at radius 1 is 1.18 bits per heavy atom. The van der Waals surface area contributed by atoms with E-state index in [4.69, 9.17) is 16.3 Å². The van der Waals surface area contributed by atoms with Gasteiger partial charge in [-0.3, -0.25) is 9.59 Å². The van der Waals surface area contributed by atoms with Crippen LogP contribution >= 0.6 is 11.6 Å². The van der Waals surface area contributed by atoms with E-state index in [-0.39, 0.29) is 18.3 Å². The van der Waals surface area contributed by atoms with Gasteiger partial charge in [0.2, 0.25) is 0 Å². The van der Waals surface area contributed by atoms with E-state index >= 15 is 0 Å². The predicted octanol–water partition coefficient (Wildman–Crippen LogP) is 5.05. The van der Waals surface area contributed by atoms with Crippen molar-refractivity contribution in [2.75, 3.05) is 13.7 Å². The number of ketones is 1. The smallest absolute Gasteiger partial charge is 0.264 e. The number of rotatable bonds is 8. The molecule has 0 heterocycles. The van der Waals surface area contributed by atoms with E-state index in [2.05, 4.69) is 13.2 Å². The third-order valence-electron chi connectivity index (χ3n) is 4.02. The molecule has 0 atom stereocenters. The quantitative estimate of drug-likeness (QED) is 0.464. The topological polar surface area (TPSA) is 46.6 Å². The largest absolute Gasteiger partial charge is 0.483 e. The Balaban J connectivity index is 2.22. The number of carbonyl (C=O) groups is 2. The monoisotopic (exact) mass is 395 g/mol. The summed E-state index contributed by atoms with van der Waals surface area (Å²) < 4.78 is 5.67. The molecule has 2 rings (SSSR count). The van der Waals surface area contributed by atoms with E-state index in [9.17, 15) is 9.59 Å². The van der Waals surface area contributed by atoms with Crippen molar-refractivity contribution >= 4 is 23.3 Å². The minimum absolute atomic E-state index is 0.229. The lowest BCUT2D eigenvalue weighted by atomic mass is 10.0. The van der Waals surface area contributed by atoms with Crippen LogP contribution in [0.15, 0.2) is 85.1 Å². The molecule has 0 saturated heterocycles. The van der Waals surface area contributed by atoms with Crippen molar-refractivity contribution in [2.45, 2.75) is 6.92 Å². The molecule has 0 aliphatic heterocycles. The Morgan fingerprint density at radius 3 is 2.46 bits per heavy atom. The highest BCUT2D eigenvalue weighted by Crippen LogP contribution is 2.26. The number of hydrogen-bond acceptors (Lipinski definition) is 3. The lowest BCUT2D eigenvalue weighted by molar-refractivity contribution is -0.130. The molecule has 0 aromatic heterocycles. The number of hydrogen-bond donors (Lipinski definition) is 0. The van der Waals surface area contributed by atoms with Crippen LogP contribution in [0.2, 0.25) is 5.02 Å². The predicted molar refractivity (Wildman–Crippen MR) is 113 cm³/mol. The molecule has 0 radical (unpaired) electrons. The number of carbonyl (C=O) groups excluding carboxylic acids is 2. The summed E-state index contributed by atoms with van der Waals surface area (Å²) in [6.07, 6.45) is 3.29. The normalized spacial score (nSPS) is 10.9. The van der Waals surface area contributed by atoms with Gasteiger partial charge in [-0.1, -0.05) is 61.2 Å². The zero-order valence-corrected chi connectivity index (χ0v) is 16.7. The van der Waals surface area contributed by atoms with Gasteiger partial charge < -0.3 is 9.64 Å². The van der Waals surface area contributed by atoms with Gasteiger partial charge in [0.15, 0.2) is 12.4 Å². The summed E-state index contributed by atoms with van der Waals surface area (Å²) in [5, 5.41) is 0.411. The lowest BCUT2D eigenvalue weighted by Crippen LogP contribution is -2.31. The minimum Gasteiger partial charge on any atom is -0.483 e. The summed E-state index contributed by atoms with van der Waals surface area (Å²) in [6.45, 7) is 9.08. The van der Waals surface area contributed by atoms with Gasteiger partial charge in [-0.25, -0.2) is 0 Å². The van der Waals surface area contributed by atoms with Gasteiger partial charge in [-0.2, -0.15) is 0 Å².